The fraction of sp³-hybridized carbons (Fsp3) is 0.308. The molecule has 8 heteroatoms. The zero-order valence-corrected chi connectivity index (χ0v) is 19.5. The SMILES string of the molecule is O=C(O)c1ccc2c(c1)C(=O)N(CCCCCCCCNc1ccnc3cc(Cl)ccc13)C2=O. The molecule has 2 aromatic carbocycles. The summed E-state index contributed by atoms with van der Waals surface area (Å²) in [5, 5.41) is 14.3. The van der Waals surface area contributed by atoms with Crippen LogP contribution in [0.3, 0.4) is 0 Å². The lowest BCUT2D eigenvalue weighted by Crippen LogP contribution is -2.30. The highest BCUT2D eigenvalue weighted by Gasteiger charge is 2.35. The molecule has 0 unspecified atom stereocenters. The number of halogens is 1. The standard InChI is InChI=1S/C26H26ClN3O4/c27-18-8-10-20-22(11-13-29-23(20)16-18)28-12-5-3-1-2-4-6-14-30-24(31)19-9-7-17(26(33)34)15-21(19)25(30)32/h7-11,13,15-16H,1-6,12,14H2,(H,28,29)(H,33,34). The fourth-order valence-corrected chi connectivity index (χ4v) is 4.39. The second kappa shape index (κ2) is 10.7. The molecule has 1 aromatic heterocycles. The zero-order chi connectivity index (χ0) is 24.1. The largest absolute Gasteiger partial charge is 0.478 e. The van der Waals surface area contributed by atoms with Crippen molar-refractivity contribution in [3.63, 3.8) is 0 Å². The Morgan fingerprint density at radius 1 is 0.912 bits per heavy atom. The number of hydrogen-bond acceptors (Lipinski definition) is 5. The van der Waals surface area contributed by atoms with Gasteiger partial charge in [0.05, 0.1) is 22.2 Å². The van der Waals surface area contributed by atoms with Gasteiger partial charge in [-0.3, -0.25) is 19.5 Å². The minimum Gasteiger partial charge on any atom is -0.478 e. The number of aromatic nitrogens is 1. The van der Waals surface area contributed by atoms with E-state index in [4.69, 9.17) is 16.7 Å². The highest BCUT2D eigenvalue weighted by Crippen LogP contribution is 2.26. The number of carboxylic acids is 1. The Kier molecular flexibility index (Phi) is 7.43. The van der Waals surface area contributed by atoms with E-state index in [1.807, 2.05) is 24.3 Å². The van der Waals surface area contributed by atoms with Crippen molar-refractivity contribution >= 4 is 46.0 Å². The quantitative estimate of drug-likeness (QED) is 0.273. The number of amides is 2. The van der Waals surface area contributed by atoms with Gasteiger partial charge in [-0.25, -0.2) is 4.79 Å². The Morgan fingerprint density at radius 3 is 2.44 bits per heavy atom. The summed E-state index contributed by atoms with van der Waals surface area (Å²) in [6.07, 6.45) is 7.69. The second-order valence-electron chi connectivity index (χ2n) is 8.40. The molecule has 0 saturated heterocycles. The van der Waals surface area contributed by atoms with Gasteiger partial charge in [0.2, 0.25) is 0 Å². The number of rotatable bonds is 11. The molecule has 2 N–H and O–H groups in total. The van der Waals surface area contributed by atoms with E-state index in [-0.39, 0.29) is 22.6 Å². The number of fused-ring (bicyclic) bond motifs is 2. The number of unbranched alkanes of at least 4 members (excludes halogenated alkanes) is 5. The van der Waals surface area contributed by atoms with Gasteiger partial charge in [0.1, 0.15) is 0 Å². The maximum atomic E-state index is 12.5. The lowest BCUT2D eigenvalue weighted by molar-refractivity contribution is 0.0649. The van der Waals surface area contributed by atoms with Gasteiger partial charge in [0.15, 0.2) is 0 Å². The molecule has 176 valence electrons. The molecule has 0 spiro atoms. The van der Waals surface area contributed by atoms with Crippen LogP contribution in [0.1, 0.15) is 69.6 Å². The fourth-order valence-electron chi connectivity index (χ4n) is 4.23. The molecule has 2 amide bonds. The Balaban J connectivity index is 1.14. The number of pyridine rings is 1. The third-order valence-corrected chi connectivity index (χ3v) is 6.28. The van der Waals surface area contributed by atoms with Crippen molar-refractivity contribution in [2.45, 2.75) is 38.5 Å². The number of imide groups is 1. The first-order chi connectivity index (χ1) is 16.5. The van der Waals surface area contributed by atoms with E-state index >= 15 is 0 Å². The number of carbonyl (C=O) groups excluding carboxylic acids is 2. The van der Waals surface area contributed by atoms with Crippen molar-refractivity contribution in [2.24, 2.45) is 0 Å². The monoisotopic (exact) mass is 479 g/mol. The number of anilines is 1. The molecule has 1 aliphatic rings. The van der Waals surface area contributed by atoms with E-state index in [2.05, 4.69) is 10.3 Å². The Morgan fingerprint density at radius 2 is 1.65 bits per heavy atom. The number of nitrogens with one attached hydrogen (secondary N) is 1. The smallest absolute Gasteiger partial charge is 0.335 e. The summed E-state index contributed by atoms with van der Waals surface area (Å²) in [6, 6.07) is 11.7. The van der Waals surface area contributed by atoms with Gasteiger partial charge < -0.3 is 10.4 Å². The summed E-state index contributed by atoms with van der Waals surface area (Å²) in [5.41, 5.74) is 2.41. The van der Waals surface area contributed by atoms with Crippen molar-refractivity contribution in [3.8, 4) is 0 Å². The predicted molar refractivity (Wildman–Crippen MR) is 132 cm³/mol. The summed E-state index contributed by atoms with van der Waals surface area (Å²) in [6.45, 7) is 1.23. The van der Waals surface area contributed by atoms with Gasteiger partial charge in [-0.2, -0.15) is 0 Å². The summed E-state index contributed by atoms with van der Waals surface area (Å²) in [4.78, 5) is 41.7. The van der Waals surface area contributed by atoms with Crippen LogP contribution in [-0.4, -0.2) is 45.9 Å². The molecule has 0 fully saturated rings. The van der Waals surface area contributed by atoms with E-state index in [0.29, 0.717) is 11.6 Å². The van der Waals surface area contributed by atoms with E-state index in [1.165, 1.54) is 23.1 Å². The lowest BCUT2D eigenvalue weighted by Gasteiger charge is -2.13. The van der Waals surface area contributed by atoms with Crippen LogP contribution in [0.2, 0.25) is 5.02 Å². The van der Waals surface area contributed by atoms with Crippen LogP contribution < -0.4 is 5.32 Å². The molecule has 0 aliphatic carbocycles. The molecule has 4 rings (SSSR count). The molecule has 3 aromatic rings. The first-order valence-corrected chi connectivity index (χ1v) is 11.8. The predicted octanol–water partition coefficient (Wildman–Crippen LogP) is 5.64. The molecule has 7 nitrogen and oxygen atoms in total. The average Bonchev–Trinajstić information content (AvgIpc) is 3.06. The average molecular weight is 480 g/mol. The summed E-state index contributed by atoms with van der Waals surface area (Å²) < 4.78 is 0. The molecule has 0 radical (unpaired) electrons. The van der Waals surface area contributed by atoms with Crippen LogP contribution in [0.15, 0.2) is 48.7 Å². The van der Waals surface area contributed by atoms with E-state index in [0.717, 1.165) is 61.7 Å². The molecule has 0 bridgehead atoms. The van der Waals surface area contributed by atoms with Crippen molar-refractivity contribution in [3.05, 3.63) is 70.4 Å². The lowest BCUT2D eigenvalue weighted by atomic mass is 10.1. The molecule has 2 heterocycles. The van der Waals surface area contributed by atoms with Crippen molar-refractivity contribution in [1.29, 1.82) is 0 Å². The normalized spacial score (nSPS) is 12.9. The number of carbonyl (C=O) groups is 3. The van der Waals surface area contributed by atoms with Crippen LogP contribution in [0.25, 0.3) is 10.9 Å². The Labute approximate surface area is 202 Å². The van der Waals surface area contributed by atoms with Gasteiger partial charge in [0, 0.05) is 35.4 Å². The van der Waals surface area contributed by atoms with E-state index in [1.54, 1.807) is 6.20 Å². The topological polar surface area (TPSA) is 99.6 Å². The molecule has 0 atom stereocenters. The summed E-state index contributed by atoms with van der Waals surface area (Å²) in [5.74, 6) is -1.86. The van der Waals surface area contributed by atoms with Crippen LogP contribution in [-0.2, 0) is 0 Å². The van der Waals surface area contributed by atoms with Crippen molar-refractivity contribution in [1.82, 2.24) is 9.88 Å². The maximum Gasteiger partial charge on any atom is 0.335 e. The first-order valence-electron chi connectivity index (χ1n) is 11.5. The zero-order valence-electron chi connectivity index (χ0n) is 18.7. The van der Waals surface area contributed by atoms with Gasteiger partial charge in [0.25, 0.3) is 11.8 Å². The van der Waals surface area contributed by atoms with Crippen LogP contribution in [0, 0.1) is 0 Å². The second-order valence-corrected chi connectivity index (χ2v) is 8.83. The molecule has 34 heavy (non-hydrogen) atoms. The van der Waals surface area contributed by atoms with Gasteiger partial charge >= 0.3 is 5.97 Å². The highest BCUT2D eigenvalue weighted by atomic mass is 35.5. The van der Waals surface area contributed by atoms with Gasteiger partial charge in [-0.15, -0.1) is 0 Å². The molecule has 0 saturated carbocycles. The minimum absolute atomic E-state index is 0.0118. The van der Waals surface area contributed by atoms with Crippen LogP contribution >= 0.6 is 11.6 Å². The minimum atomic E-state index is -1.12. The molecular weight excluding hydrogens is 454 g/mol. The van der Waals surface area contributed by atoms with Crippen molar-refractivity contribution < 1.29 is 19.5 Å². The number of nitrogens with zero attached hydrogens (tertiary/aromatic N) is 2. The summed E-state index contributed by atoms with van der Waals surface area (Å²) in [7, 11) is 0. The highest BCUT2D eigenvalue weighted by molar-refractivity contribution is 6.31. The third kappa shape index (κ3) is 5.20. The van der Waals surface area contributed by atoms with E-state index in [9.17, 15) is 14.4 Å². The van der Waals surface area contributed by atoms with Crippen molar-refractivity contribution in [2.75, 3.05) is 18.4 Å². The maximum absolute atomic E-state index is 12.5. The van der Waals surface area contributed by atoms with Gasteiger partial charge in [-0.05, 0) is 55.3 Å². The third-order valence-electron chi connectivity index (χ3n) is 6.05. The van der Waals surface area contributed by atoms with Crippen LogP contribution in [0.5, 0.6) is 0 Å². The first kappa shape index (κ1) is 23.7. The molecule has 1 aliphatic heterocycles. The number of hydrogen-bond donors (Lipinski definition) is 2. The number of benzene rings is 2. The van der Waals surface area contributed by atoms with Gasteiger partial charge in [-0.1, -0.05) is 37.3 Å². The van der Waals surface area contributed by atoms with E-state index < -0.39 is 11.9 Å². The summed E-state index contributed by atoms with van der Waals surface area (Å²) >= 11 is 6.04. The number of carboxylic acid groups (broad SMARTS) is 1. The van der Waals surface area contributed by atoms with Crippen LogP contribution in [0.4, 0.5) is 5.69 Å². The Bertz CT molecular complexity index is 1240. The Hall–Kier alpha value is -3.45. The number of aromatic carboxylic acids is 1. The molecular formula is C26H26ClN3O4.